The van der Waals surface area contributed by atoms with Crippen molar-refractivity contribution in [1.82, 2.24) is 5.06 Å². The summed E-state index contributed by atoms with van der Waals surface area (Å²) in [4.78, 5) is 27.6. The molecule has 0 bridgehead atoms. The number of carbonyl (C=O) groups is 2. The lowest BCUT2D eigenvalue weighted by Gasteiger charge is -2.52. The molecule has 0 spiro atoms. The zero-order valence-corrected chi connectivity index (χ0v) is 11.9. The highest BCUT2D eigenvalue weighted by Gasteiger charge is 2.47. The van der Waals surface area contributed by atoms with Crippen LogP contribution in [0, 0.1) is 5.92 Å². The van der Waals surface area contributed by atoms with Gasteiger partial charge in [0.1, 0.15) is 0 Å². The third-order valence-corrected chi connectivity index (χ3v) is 3.39. The van der Waals surface area contributed by atoms with E-state index in [1.165, 1.54) is 6.92 Å². The fourth-order valence-corrected chi connectivity index (χ4v) is 3.27. The van der Waals surface area contributed by atoms with Crippen molar-refractivity contribution in [3.05, 3.63) is 0 Å². The van der Waals surface area contributed by atoms with Crippen molar-refractivity contribution in [3.63, 3.8) is 0 Å². The molecular weight excluding hydrogens is 232 g/mol. The first-order chi connectivity index (χ1) is 8.04. The van der Waals surface area contributed by atoms with Gasteiger partial charge >= 0.3 is 5.97 Å². The van der Waals surface area contributed by atoms with Gasteiger partial charge in [-0.05, 0) is 46.5 Å². The highest BCUT2D eigenvalue weighted by Crippen LogP contribution is 2.42. The zero-order valence-electron chi connectivity index (χ0n) is 11.9. The second kappa shape index (κ2) is 4.88. The van der Waals surface area contributed by atoms with E-state index in [0.29, 0.717) is 6.42 Å². The van der Waals surface area contributed by atoms with Gasteiger partial charge in [0.05, 0.1) is 11.1 Å². The molecule has 0 saturated carbocycles. The molecule has 5 nitrogen and oxygen atoms in total. The maximum atomic E-state index is 11.2. The molecule has 1 fully saturated rings. The molecule has 104 valence electrons. The molecule has 2 N–H and O–H groups in total. The van der Waals surface area contributed by atoms with Crippen molar-refractivity contribution < 1.29 is 14.4 Å². The van der Waals surface area contributed by atoms with E-state index in [2.05, 4.69) is 0 Å². The molecule has 5 heteroatoms. The van der Waals surface area contributed by atoms with Crippen LogP contribution in [0.15, 0.2) is 0 Å². The number of amides is 1. The molecule has 1 aliphatic heterocycles. The van der Waals surface area contributed by atoms with Gasteiger partial charge in [-0.15, -0.1) is 5.06 Å². The lowest BCUT2D eigenvalue weighted by molar-refractivity contribution is -0.270. The predicted molar refractivity (Wildman–Crippen MR) is 68.3 cm³/mol. The minimum Gasteiger partial charge on any atom is -0.370 e. The van der Waals surface area contributed by atoms with Gasteiger partial charge in [-0.3, -0.25) is 9.59 Å². The first kappa shape index (κ1) is 15.0. The van der Waals surface area contributed by atoms with E-state index in [4.69, 9.17) is 10.6 Å². The van der Waals surface area contributed by atoms with Crippen LogP contribution in [-0.2, 0) is 14.4 Å². The number of carbonyl (C=O) groups excluding carboxylic acids is 2. The van der Waals surface area contributed by atoms with Crippen LogP contribution >= 0.6 is 0 Å². The fourth-order valence-electron chi connectivity index (χ4n) is 3.27. The first-order valence-corrected chi connectivity index (χ1v) is 6.32. The van der Waals surface area contributed by atoms with Crippen LogP contribution in [0.2, 0.25) is 0 Å². The number of nitrogens with zero attached hydrogens (tertiary/aromatic N) is 1. The molecule has 1 saturated heterocycles. The second-order valence-corrected chi connectivity index (χ2v) is 6.45. The van der Waals surface area contributed by atoms with Gasteiger partial charge in [0.25, 0.3) is 0 Å². The molecule has 0 unspecified atom stereocenters. The Morgan fingerprint density at radius 2 is 1.67 bits per heavy atom. The van der Waals surface area contributed by atoms with Crippen LogP contribution in [0.3, 0.4) is 0 Å². The lowest BCUT2D eigenvalue weighted by Crippen LogP contribution is -2.61. The number of hydroxylamine groups is 2. The molecule has 0 aliphatic carbocycles. The highest BCUT2D eigenvalue weighted by atomic mass is 16.7. The van der Waals surface area contributed by atoms with E-state index < -0.39 is 0 Å². The standard InChI is InChI=1S/C13H24N2O3/c1-9(16)18-15-12(2,3)7-10(6-11(14)17)8-13(15,4)5/h10H,6-8H2,1-5H3,(H2,14,17). The Balaban J connectivity index is 2.90. The number of rotatable bonds is 3. The minimum absolute atomic E-state index is 0.235. The molecule has 0 aromatic heterocycles. The van der Waals surface area contributed by atoms with Crippen molar-refractivity contribution in [2.75, 3.05) is 0 Å². The third-order valence-electron chi connectivity index (χ3n) is 3.39. The molecular formula is C13H24N2O3. The topological polar surface area (TPSA) is 72.6 Å². The SMILES string of the molecule is CC(=O)ON1C(C)(C)CC(CC(N)=O)CC1(C)C. The summed E-state index contributed by atoms with van der Waals surface area (Å²) in [5.41, 5.74) is 4.68. The van der Waals surface area contributed by atoms with Crippen molar-refractivity contribution in [2.45, 2.75) is 65.0 Å². The summed E-state index contributed by atoms with van der Waals surface area (Å²) in [6.07, 6.45) is 1.96. The number of primary amides is 1. The van der Waals surface area contributed by atoms with Gasteiger partial charge in [0.15, 0.2) is 0 Å². The van der Waals surface area contributed by atoms with Crippen LogP contribution < -0.4 is 5.73 Å². The van der Waals surface area contributed by atoms with Gasteiger partial charge in [-0.25, -0.2) is 0 Å². The Morgan fingerprint density at radius 1 is 1.22 bits per heavy atom. The van der Waals surface area contributed by atoms with Crippen LogP contribution in [-0.4, -0.2) is 28.0 Å². The van der Waals surface area contributed by atoms with E-state index in [1.54, 1.807) is 5.06 Å². The van der Waals surface area contributed by atoms with E-state index in [1.807, 2.05) is 27.7 Å². The Kier molecular flexibility index (Phi) is 4.05. The maximum absolute atomic E-state index is 11.2. The summed E-state index contributed by atoms with van der Waals surface area (Å²) in [5, 5.41) is 1.76. The van der Waals surface area contributed by atoms with Crippen molar-refractivity contribution in [3.8, 4) is 0 Å². The molecule has 1 aliphatic rings. The monoisotopic (exact) mass is 256 g/mol. The van der Waals surface area contributed by atoms with Crippen molar-refractivity contribution >= 4 is 11.9 Å². The van der Waals surface area contributed by atoms with Gasteiger partial charge < -0.3 is 10.6 Å². The molecule has 0 aromatic carbocycles. The quantitative estimate of drug-likeness (QED) is 0.832. The number of piperidine rings is 1. The summed E-state index contributed by atoms with van der Waals surface area (Å²) in [5.74, 6) is -0.351. The third kappa shape index (κ3) is 3.45. The molecule has 0 aromatic rings. The summed E-state index contributed by atoms with van der Waals surface area (Å²) < 4.78 is 0. The van der Waals surface area contributed by atoms with Crippen LogP contribution in [0.25, 0.3) is 0 Å². The van der Waals surface area contributed by atoms with E-state index in [9.17, 15) is 9.59 Å². The molecule has 0 radical (unpaired) electrons. The Morgan fingerprint density at radius 3 is 2.00 bits per heavy atom. The molecule has 0 atom stereocenters. The second-order valence-electron chi connectivity index (χ2n) is 6.45. The Hall–Kier alpha value is -1.10. The number of nitrogens with two attached hydrogens (primary N) is 1. The van der Waals surface area contributed by atoms with Gasteiger partial charge in [-0.2, -0.15) is 0 Å². The summed E-state index contributed by atoms with van der Waals surface area (Å²) >= 11 is 0. The van der Waals surface area contributed by atoms with Crippen molar-refractivity contribution in [2.24, 2.45) is 11.7 Å². The highest BCUT2D eigenvalue weighted by molar-refractivity contribution is 5.74. The van der Waals surface area contributed by atoms with E-state index >= 15 is 0 Å². The van der Waals surface area contributed by atoms with E-state index in [0.717, 1.165) is 12.8 Å². The smallest absolute Gasteiger partial charge is 0.322 e. The van der Waals surface area contributed by atoms with Gasteiger partial charge in [0.2, 0.25) is 5.91 Å². The largest absolute Gasteiger partial charge is 0.370 e. The Labute approximate surface area is 109 Å². The Bertz CT molecular complexity index is 332. The average molecular weight is 256 g/mol. The molecule has 1 amide bonds. The van der Waals surface area contributed by atoms with E-state index in [-0.39, 0.29) is 28.9 Å². The van der Waals surface area contributed by atoms with Crippen LogP contribution in [0.5, 0.6) is 0 Å². The average Bonchev–Trinajstić information content (AvgIpc) is 2.08. The number of hydrogen-bond donors (Lipinski definition) is 1. The van der Waals surface area contributed by atoms with Gasteiger partial charge in [0, 0.05) is 13.3 Å². The maximum Gasteiger partial charge on any atom is 0.322 e. The summed E-state index contributed by atoms with van der Waals surface area (Å²) in [6, 6.07) is 0. The fraction of sp³-hybridized carbons (Fsp3) is 0.846. The molecule has 18 heavy (non-hydrogen) atoms. The van der Waals surface area contributed by atoms with Crippen molar-refractivity contribution in [1.29, 1.82) is 0 Å². The molecule has 1 heterocycles. The summed E-state index contributed by atoms with van der Waals surface area (Å²) in [6.45, 7) is 9.48. The normalized spacial score (nSPS) is 23.6. The number of hydrogen-bond acceptors (Lipinski definition) is 4. The zero-order chi connectivity index (χ0) is 14.1. The lowest BCUT2D eigenvalue weighted by atomic mass is 9.74. The first-order valence-electron chi connectivity index (χ1n) is 6.32. The minimum atomic E-state index is -0.315. The van der Waals surface area contributed by atoms with Gasteiger partial charge in [-0.1, -0.05) is 0 Å². The summed E-state index contributed by atoms with van der Waals surface area (Å²) in [7, 11) is 0. The predicted octanol–water partition coefficient (Wildman–Crippen LogP) is 1.61. The van der Waals surface area contributed by atoms with Crippen LogP contribution in [0.1, 0.15) is 53.9 Å². The molecule has 1 rings (SSSR count). The van der Waals surface area contributed by atoms with Crippen LogP contribution in [0.4, 0.5) is 0 Å².